The van der Waals surface area contributed by atoms with Crippen LogP contribution >= 0.6 is 0 Å². The molecule has 4 nitrogen and oxygen atoms in total. The molecule has 110 valence electrons. The molecule has 1 aromatic carbocycles. The van der Waals surface area contributed by atoms with Gasteiger partial charge >= 0.3 is 0 Å². The van der Waals surface area contributed by atoms with Gasteiger partial charge in [0.15, 0.2) is 0 Å². The number of piperazine rings is 1. The molecule has 0 radical (unpaired) electrons. The molecule has 1 amide bonds. The third-order valence-electron chi connectivity index (χ3n) is 3.83. The first-order valence-corrected chi connectivity index (χ1v) is 7.05. The smallest absolute Gasteiger partial charge is 0.242 e. The van der Waals surface area contributed by atoms with Crippen LogP contribution in [-0.4, -0.2) is 25.0 Å². The topological polar surface area (TPSA) is 58.4 Å². The Labute approximate surface area is 119 Å². The van der Waals surface area contributed by atoms with Gasteiger partial charge in [-0.25, -0.2) is 4.39 Å². The zero-order chi connectivity index (χ0) is 14.9. The molecule has 20 heavy (non-hydrogen) atoms. The fourth-order valence-corrected chi connectivity index (χ4v) is 2.70. The van der Waals surface area contributed by atoms with Crippen LogP contribution in [0.1, 0.15) is 37.4 Å². The number of carbonyl (C=O) groups excluding carboxylic acids is 1. The van der Waals surface area contributed by atoms with Crippen LogP contribution in [0.3, 0.4) is 0 Å². The van der Waals surface area contributed by atoms with Crippen LogP contribution in [0.2, 0.25) is 0 Å². The molecule has 2 rings (SSSR count). The second kappa shape index (κ2) is 5.79. The SMILES string of the molecule is CCC1C(=O)NCCN1c1cc(C)c(F)cc1C(C)N. The van der Waals surface area contributed by atoms with E-state index in [4.69, 9.17) is 5.73 Å². The largest absolute Gasteiger partial charge is 0.357 e. The fourth-order valence-electron chi connectivity index (χ4n) is 2.70. The number of benzene rings is 1. The van der Waals surface area contributed by atoms with Crippen molar-refractivity contribution in [3.05, 3.63) is 29.1 Å². The van der Waals surface area contributed by atoms with E-state index in [1.807, 2.05) is 18.7 Å². The Kier molecular flexibility index (Phi) is 4.28. The molecular weight excluding hydrogens is 257 g/mol. The minimum Gasteiger partial charge on any atom is -0.357 e. The Morgan fingerprint density at radius 2 is 2.25 bits per heavy atom. The van der Waals surface area contributed by atoms with Crippen LogP contribution in [-0.2, 0) is 4.79 Å². The number of nitrogens with two attached hydrogens (primary N) is 1. The van der Waals surface area contributed by atoms with Crippen molar-refractivity contribution in [1.82, 2.24) is 5.32 Å². The average Bonchev–Trinajstić information content (AvgIpc) is 2.40. The zero-order valence-electron chi connectivity index (χ0n) is 12.2. The van der Waals surface area contributed by atoms with Crippen molar-refractivity contribution in [2.24, 2.45) is 5.73 Å². The minimum absolute atomic E-state index is 0.0244. The van der Waals surface area contributed by atoms with Gasteiger partial charge in [-0.3, -0.25) is 4.79 Å². The van der Waals surface area contributed by atoms with E-state index in [1.165, 1.54) is 6.07 Å². The van der Waals surface area contributed by atoms with Gasteiger partial charge in [-0.2, -0.15) is 0 Å². The van der Waals surface area contributed by atoms with Crippen molar-refractivity contribution in [2.75, 3.05) is 18.0 Å². The molecule has 0 saturated carbocycles. The molecule has 0 spiro atoms. The molecule has 1 aromatic rings. The lowest BCUT2D eigenvalue weighted by Gasteiger charge is -2.38. The summed E-state index contributed by atoms with van der Waals surface area (Å²) in [7, 11) is 0. The van der Waals surface area contributed by atoms with Crippen molar-refractivity contribution < 1.29 is 9.18 Å². The van der Waals surface area contributed by atoms with Crippen molar-refractivity contribution in [3.63, 3.8) is 0 Å². The zero-order valence-corrected chi connectivity index (χ0v) is 12.2. The van der Waals surface area contributed by atoms with Gasteiger partial charge in [-0.05, 0) is 43.5 Å². The predicted octanol–water partition coefficient (Wildman–Crippen LogP) is 1.87. The van der Waals surface area contributed by atoms with Gasteiger partial charge in [0, 0.05) is 24.8 Å². The van der Waals surface area contributed by atoms with E-state index in [1.54, 1.807) is 13.0 Å². The summed E-state index contributed by atoms with van der Waals surface area (Å²) in [5, 5.41) is 2.87. The highest BCUT2D eigenvalue weighted by Crippen LogP contribution is 2.31. The quantitative estimate of drug-likeness (QED) is 0.888. The molecule has 1 aliphatic rings. The van der Waals surface area contributed by atoms with E-state index in [9.17, 15) is 9.18 Å². The van der Waals surface area contributed by atoms with Crippen LogP contribution in [0.15, 0.2) is 12.1 Å². The lowest BCUT2D eigenvalue weighted by molar-refractivity contribution is -0.123. The Morgan fingerprint density at radius 1 is 1.55 bits per heavy atom. The van der Waals surface area contributed by atoms with Gasteiger partial charge in [0.1, 0.15) is 11.9 Å². The second-order valence-corrected chi connectivity index (χ2v) is 5.36. The molecule has 1 aliphatic heterocycles. The maximum absolute atomic E-state index is 13.8. The number of rotatable bonds is 3. The summed E-state index contributed by atoms with van der Waals surface area (Å²) in [5.74, 6) is -0.230. The van der Waals surface area contributed by atoms with Crippen LogP contribution in [0.4, 0.5) is 10.1 Å². The van der Waals surface area contributed by atoms with Crippen LogP contribution in [0.25, 0.3) is 0 Å². The first kappa shape index (κ1) is 14.8. The molecule has 2 atom stereocenters. The van der Waals surface area contributed by atoms with Crippen LogP contribution in [0, 0.1) is 12.7 Å². The maximum atomic E-state index is 13.8. The summed E-state index contributed by atoms with van der Waals surface area (Å²) in [6.07, 6.45) is 0.709. The van der Waals surface area contributed by atoms with Crippen molar-refractivity contribution in [3.8, 4) is 0 Å². The number of aryl methyl sites for hydroxylation is 1. The molecule has 0 aromatic heterocycles. The number of anilines is 1. The highest BCUT2D eigenvalue weighted by molar-refractivity contribution is 5.87. The summed E-state index contributed by atoms with van der Waals surface area (Å²) >= 11 is 0. The second-order valence-electron chi connectivity index (χ2n) is 5.36. The normalized spacial score (nSPS) is 20.8. The first-order valence-electron chi connectivity index (χ1n) is 7.05. The van der Waals surface area contributed by atoms with Gasteiger partial charge in [-0.1, -0.05) is 6.92 Å². The Bertz CT molecular complexity index is 516. The first-order chi connectivity index (χ1) is 9.45. The Morgan fingerprint density at radius 3 is 2.85 bits per heavy atom. The number of nitrogens with one attached hydrogen (secondary N) is 1. The molecule has 1 saturated heterocycles. The van der Waals surface area contributed by atoms with E-state index in [2.05, 4.69) is 5.32 Å². The van der Waals surface area contributed by atoms with Gasteiger partial charge in [-0.15, -0.1) is 0 Å². The predicted molar refractivity (Wildman–Crippen MR) is 78.2 cm³/mol. The monoisotopic (exact) mass is 279 g/mol. The van der Waals surface area contributed by atoms with Crippen LogP contribution < -0.4 is 16.0 Å². The summed E-state index contributed by atoms with van der Waals surface area (Å²) in [5.41, 5.74) is 8.17. The van der Waals surface area contributed by atoms with E-state index in [-0.39, 0.29) is 23.8 Å². The fraction of sp³-hybridized carbons (Fsp3) is 0.533. The highest BCUT2D eigenvalue weighted by Gasteiger charge is 2.30. The molecule has 3 N–H and O–H groups in total. The number of carbonyl (C=O) groups is 1. The third kappa shape index (κ3) is 2.63. The summed E-state index contributed by atoms with van der Waals surface area (Å²) in [6, 6.07) is 2.80. The van der Waals surface area contributed by atoms with Crippen molar-refractivity contribution in [2.45, 2.75) is 39.3 Å². The molecule has 2 unspecified atom stereocenters. The third-order valence-corrected chi connectivity index (χ3v) is 3.83. The molecule has 1 heterocycles. The Hall–Kier alpha value is -1.62. The number of hydrogen-bond donors (Lipinski definition) is 2. The summed E-state index contributed by atoms with van der Waals surface area (Å²) in [6.45, 7) is 6.86. The number of hydrogen-bond acceptors (Lipinski definition) is 3. The lowest BCUT2D eigenvalue weighted by Crippen LogP contribution is -2.55. The molecule has 5 heteroatoms. The maximum Gasteiger partial charge on any atom is 0.242 e. The average molecular weight is 279 g/mol. The standard InChI is InChI=1S/C15H22FN3O/c1-4-13-15(20)18-5-6-19(13)14-7-9(2)12(16)8-11(14)10(3)17/h7-8,10,13H,4-6,17H2,1-3H3,(H,18,20). The van der Waals surface area contributed by atoms with Gasteiger partial charge in [0.25, 0.3) is 0 Å². The highest BCUT2D eigenvalue weighted by atomic mass is 19.1. The summed E-state index contributed by atoms with van der Waals surface area (Å²) < 4.78 is 13.8. The van der Waals surface area contributed by atoms with Crippen molar-refractivity contribution >= 4 is 11.6 Å². The molecule has 0 aliphatic carbocycles. The molecular formula is C15H22FN3O. The summed E-state index contributed by atoms with van der Waals surface area (Å²) in [4.78, 5) is 14.0. The number of halogens is 1. The van der Waals surface area contributed by atoms with Gasteiger partial charge in [0.2, 0.25) is 5.91 Å². The minimum atomic E-state index is -0.275. The van der Waals surface area contributed by atoms with Crippen molar-refractivity contribution in [1.29, 1.82) is 0 Å². The van der Waals surface area contributed by atoms with E-state index in [0.717, 1.165) is 17.8 Å². The molecule has 1 fully saturated rings. The van der Waals surface area contributed by atoms with E-state index < -0.39 is 0 Å². The molecule has 0 bridgehead atoms. The van der Waals surface area contributed by atoms with Crippen LogP contribution in [0.5, 0.6) is 0 Å². The number of amides is 1. The van der Waals surface area contributed by atoms with Gasteiger partial charge < -0.3 is 16.0 Å². The number of nitrogens with zero attached hydrogens (tertiary/aromatic N) is 1. The van der Waals surface area contributed by atoms with Gasteiger partial charge in [0.05, 0.1) is 0 Å². The Balaban J connectivity index is 2.49. The van der Waals surface area contributed by atoms with E-state index >= 15 is 0 Å². The lowest BCUT2D eigenvalue weighted by atomic mass is 9.99. The van der Waals surface area contributed by atoms with E-state index in [0.29, 0.717) is 18.5 Å².